The fourth-order valence-electron chi connectivity index (χ4n) is 2.02. The lowest BCUT2D eigenvalue weighted by molar-refractivity contribution is 0.317. The van der Waals surface area contributed by atoms with Crippen molar-refractivity contribution >= 4 is 11.3 Å². The van der Waals surface area contributed by atoms with Crippen LogP contribution in [-0.4, -0.2) is 17.6 Å². The number of hydrogen-bond acceptors (Lipinski definition) is 4. The minimum absolute atomic E-state index is 0.125. The highest BCUT2D eigenvalue weighted by molar-refractivity contribution is 7.09. The van der Waals surface area contributed by atoms with E-state index in [2.05, 4.69) is 43.2 Å². The zero-order valence-electron chi connectivity index (χ0n) is 12.3. The van der Waals surface area contributed by atoms with Crippen molar-refractivity contribution in [1.82, 2.24) is 10.3 Å². The Balaban J connectivity index is 2.24. The summed E-state index contributed by atoms with van der Waals surface area (Å²) >= 11 is 1.68. The Morgan fingerprint density at radius 2 is 2.20 bits per heavy atom. The predicted molar refractivity (Wildman–Crippen MR) is 84.5 cm³/mol. The smallest absolute Gasteiger partial charge is 0.119 e. The van der Waals surface area contributed by atoms with Gasteiger partial charge in [0.05, 0.1) is 12.6 Å². The van der Waals surface area contributed by atoms with Crippen molar-refractivity contribution in [3.8, 4) is 5.75 Å². The van der Waals surface area contributed by atoms with E-state index in [1.165, 1.54) is 5.56 Å². The largest absolute Gasteiger partial charge is 0.494 e. The molecule has 1 heterocycles. The summed E-state index contributed by atoms with van der Waals surface area (Å²) in [7, 11) is 0. The van der Waals surface area contributed by atoms with Gasteiger partial charge in [0, 0.05) is 17.6 Å². The third-order valence-electron chi connectivity index (χ3n) is 2.86. The van der Waals surface area contributed by atoms with Gasteiger partial charge in [-0.25, -0.2) is 4.98 Å². The maximum Gasteiger partial charge on any atom is 0.119 e. The second kappa shape index (κ2) is 7.41. The van der Waals surface area contributed by atoms with Gasteiger partial charge in [-0.1, -0.05) is 19.1 Å². The summed E-state index contributed by atoms with van der Waals surface area (Å²) in [6.07, 6.45) is 2.87. The lowest BCUT2D eigenvalue weighted by atomic mass is 10.1. The van der Waals surface area contributed by atoms with Gasteiger partial charge in [-0.2, -0.15) is 0 Å². The maximum atomic E-state index is 5.72. The number of thiazole rings is 1. The second-order valence-electron chi connectivity index (χ2n) is 5.05. The average Bonchev–Trinajstić information content (AvgIpc) is 2.96. The normalized spacial score (nSPS) is 12.6. The van der Waals surface area contributed by atoms with Crippen LogP contribution in [0.4, 0.5) is 0 Å². The number of benzene rings is 1. The highest BCUT2D eigenvalue weighted by Crippen LogP contribution is 2.27. The fraction of sp³-hybridized carbons (Fsp3) is 0.438. The van der Waals surface area contributed by atoms with Gasteiger partial charge in [-0.05, 0) is 38.0 Å². The number of ether oxygens (including phenoxy) is 1. The maximum absolute atomic E-state index is 5.72. The van der Waals surface area contributed by atoms with E-state index in [1.807, 2.05) is 23.7 Å². The summed E-state index contributed by atoms with van der Waals surface area (Å²) in [4.78, 5) is 4.45. The van der Waals surface area contributed by atoms with Gasteiger partial charge >= 0.3 is 0 Å². The highest BCUT2D eigenvalue weighted by Gasteiger charge is 2.17. The summed E-state index contributed by atoms with van der Waals surface area (Å²) in [6, 6.07) is 8.80. The molecule has 4 heteroatoms. The molecule has 0 saturated carbocycles. The molecule has 0 radical (unpaired) electrons. The van der Waals surface area contributed by atoms with E-state index in [1.54, 1.807) is 11.3 Å². The second-order valence-corrected chi connectivity index (χ2v) is 5.97. The van der Waals surface area contributed by atoms with E-state index in [9.17, 15) is 0 Å². The predicted octanol–water partition coefficient (Wildman–Crippen LogP) is 4.02. The Hall–Kier alpha value is -1.39. The zero-order chi connectivity index (χ0) is 14.4. The summed E-state index contributed by atoms with van der Waals surface area (Å²) in [5.41, 5.74) is 1.20. The molecule has 0 amide bonds. The fourth-order valence-corrected chi connectivity index (χ4v) is 2.75. The van der Waals surface area contributed by atoms with Crippen molar-refractivity contribution in [3.63, 3.8) is 0 Å². The third kappa shape index (κ3) is 4.05. The molecule has 1 aromatic heterocycles. The van der Waals surface area contributed by atoms with Crippen molar-refractivity contribution in [2.45, 2.75) is 39.3 Å². The summed E-state index contributed by atoms with van der Waals surface area (Å²) in [5, 5.41) is 6.68. The Bertz CT molecular complexity index is 511. The van der Waals surface area contributed by atoms with E-state index < -0.39 is 0 Å². The number of rotatable bonds is 7. The third-order valence-corrected chi connectivity index (χ3v) is 3.70. The van der Waals surface area contributed by atoms with Gasteiger partial charge < -0.3 is 10.1 Å². The molecular weight excluding hydrogens is 268 g/mol. The lowest BCUT2D eigenvalue weighted by Gasteiger charge is -2.20. The first-order chi connectivity index (χ1) is 9.70. The first-order valence-electron chi connectivity index (χ1n) is 7.09. The standard InChI is InChI=1S/C16H22N2OS/c1-4-9-19-14-7-5-6-13(11-14)15(18-12(2)3)16-17-8-10-20-16/h5-8,10-12,15,18H,4,9H2,1-3H3. The van der Waals surface area contributed by atoms with Gasteiger partial charge in [0.25, 0.3) is 0 Å². The molecule has 3 nitrogen and oxygen atoms in total. The van der Waals surface area contributed by atoms with Crippen LogP contribution >= 0.6 is 11.3 Å². The number of hydrogen-bond donors (Lipinski definition) is 1. The van der Waals surface area contributed by atoms with Crippen molar-refractivity contribution in [2.75, 3.05) is 6.61 Å². The van der Waals surface area contributed by atoms with E-state index in [4.69, 9.17) is 4.74 Å². The average molecular weight is 290 g/mol. The van der Waals surface area contributed by atoms with Gasteiger partial charge in [0.15, 0.2) is 0 Å². The first kappa shape index (κ1) is 15.0. The van der Waals surface area contributed by atoms with Crippen molar-refractivity contribution in [2.24, 2.45) is 0 Å². The molecule has 0 aliphatic carbocycles. The Morgan fingerprint density at radius 3 is 2.85 bits per heavy atom. The molecule has 2 rings (SSSR count). The lowest BCUT2D eigenvalue weighted by Crippen LogP contribution is -2.28. The number of aromatic nitrogens is 1. The van der Waals surface area contributed by atoms with Gasteiger partial charge in [-0.3, -0.25) is 0 Å². The highest BCUT2D eigenvalue weighted by atomic mass is 32.1. The molecule has 0 spiro atoms. The van der Waals surface area contributed by atoms with Crippen LogP contribution in [0.25, 0.3) is 0 Å². The first-order valence-corrected chi connectivity index (χ1v) is 7.97. The van der Waals surface area contributed by atoms with Crippen LogP contribution < -0.4 is 10.1 Å². The molecule has 1 unspecified atom stereocenters. The number of nitrogens with one attached hydrogen (secondary N) is 1. The molecule has 0 aliphatic rings. The Kier molecular flexibility index (Phi) is 5.56. The van der Waals surface area contributed by atoms with Gasteiger partial charge in [-0.15, -0.1) is 11.3 Å². The number of nitrogens with zero attached hydrogens (tertiary/aromatic N) is 1. The molecule has 2 aromatic rings. The molecule has 1 N–H and O–H groups in total. The quantitative estimate of drug-likeness (QED) is 0.836. The van der Waals surface area contributed by atoms with Crippen LogP contribution in [0.15, 0.2) is 35.8 Å². The van der Waals surface area contributed by atoms with Crippen molar-refractivity contribution in [3.05, 3.63) is 46.4 Å². The van der Waals surface area contributed by atoms with E-state index >= 15 is 0 Å². The van der Waals surface area contributed by atoms with Crippen LogP contribution in [-0.2, 0) is 0 Å². The molecule has 0 saturated heterocycles. The molecular formula is C16H22N2OS. The topological polar surface area (TPSA) is 34.1 Å². The summed E-state index contributed by atoms with van der Waals surface area (Å²) < 4.78 is 5.72. The summed E-state index contributed by atoms with van der Waals surface area (Å²) in [5.74, 6) is 0.927. The molecule has 0 fully saturated rings. The van der Waals surface area contributed by atoms with Gasteiger partial charge in [0.2, 0.25) is 0 Å². The van der Waals surface area contributed by atoms with Crippen LogP contribution in [0.2, 0.25) is 0 Å². The molecule has 0 bridgehead atoms. The molecule has 1 aromatic carbocycles. The Labute approximate surface area is 125 Å². The van der Waals surface area contributed by atoms with Crippen LogP contribution in [0, 0.1) is 0 Å². The van der Waals surface area contributed by atoms with Crippen LogP contribution in [0.5, 0.6) is 5.75 Å². The van der Waals surface area contributed by atoms with Crippen molar-refractivity contribution in [1.29, 1.82) is 0 Å². The molecule has 1 atom stereocenters. The summed E-state index contributed by atoms with van der Waals surface area (Å²) in [6.45, 7) is 7.17. The molecule has 0 aliphatic heterocycles. The van der Waals surface area contributed by atoms with Crippen molar-refractivity contribution < 1.29 is 4.74 Å². The van der Waals surface area contributed by atoms with Gasteiger partial charge in [0.1, 0.15) is 10.8 Å². The minimum Gasteiger partial charge on any atom is -0.494 e. The van der Waals surface area contributed by atoms with E-state index in [-0.39, 0.29) is 6.04 Å². The van der Waals surface area contributed by atoms with E-state index in [0.717, 1.165) is 23.8 Å². The van der Waals surface area contributed by atoms with Crippen LogP contribution in [0.1, 0.15) is 43.8 Å². The molecule has 20 heavy (non-hydrogen) atoms. The zero-order valence-corrected chi connectivity index (χ0v) is 13.1. The minimum atomic E-state index is 0.125. The SMILES string of the molecule is CCCOc1cccc(C(NC(C)C)c2nccs2)c1. The monoisotopic (exact) mass is 290 g/mol. The van der Waals surface area contributed by atoms with Crippen LogP contribution in [0.3, 0.4) is 0 Å². The Morgan fingerprint density at radius 1 is 1.35 bits per heavy atom. The molecule has 108 valence electrons. The van der Waals surface area contributed by atoms with E-state index in [0.29, 0.717) is 6.04 Å².